The van der Waals surface area contributed by atoms with Crippen molar-refractivity contribution in [3.05, 3.63) is 40.6 Å². The predicted molar refractivity (Wildman–Crippen MR) is 68.2 cm³/mol. The molecule has 2 rings (SSSR count). The lowest BCUT2D eigenvalue weighted by Crippen LogP contribution is -2.09. The maximum Gasteiger partial charge on any atom is 0.210 e. The van der Waals surface area contributed by atoms with Crippen molar-refractivity contribution in [2.75, 3.05) is 11.5 Å². The van der Waals surface area contributed by atoms with E-state index in [0.717, 1.165) is 11.5 Å². The molecule has 0 spiro atoms. The van der Waals surface area contributed by atoms with Crippen LogP contribution in [-0.2, 0) is 15.7 Å². The summed E-state index contributed by atoms with van der Waals surface area (Å²) < 4.78 is 1.26. The van der Waals surface area contributed by atoms with Crippen LogP contribution in [0.5, 0.6) is 0 Å². The third-order valence-corrected chi connectivity index (χ3v) is 5.99. The zero-order valence-corrected chi connectivity index (χ0v) is 10.2. The largest absolute Gasteiger partial charge is 0.289 e. The number of ketones is 1. The summed E-state index contributed by atoms with van der Waals surface area (Å²) in [5.74, 6) is 2.10. The van der Waals surface area contributed by atoms with Crippen LogP contribution in [-0.4, -0.2) is 17.3 Å². The van der Waals surface area contributed by atoms with Crippen LogP contribution in [0.1, 0.15) is 6.92 Å². The van der Waals surface area contributed by atoms with E-state index < -0.39 is 0 Å². The maximum atomic E-state index is 11.3. The molecule has 0 aromatic heterocycles. The first-order valence-corrected chi connectivity index (χ1v) is 7.32. The van der Waals surface area contributed by atoms with Crippen LogP contribution in [0.15, 0.2) is 45.5 Å². The second-order valence-electron chi connectivity index (χ2n) is 3.27. The molecule has 1 nitrogen and oxygen atoms in total. The fraction of sp³-hybridized carbons (Fsp3) is 0.250. The Bertz CT molecular complexity index is 384. The number of hydrogen-bond acceptors (Lipinski definition) is 2. The number of carbonyl (C=O) groups excluding carboxylic acids is 1. The van der Waals surface area contributed by atoms with Gasteiger partial charge in [-0.25, -0.2) is 0 Å². The zero-order valence-electron chi connectivity index (χ0n) is 8.60. The molecule has 0 fully saturated rings. The smallest absolute Gasteiger partial charge is 0.210 e. The Morgan fingerprint density at radius 1 is 1.33 bits per heavy atom. The van der Waals surface area contributed by atoms with E-state index in [2.05, 4.69) is 19.1 Å². The van der Waals surface area contributed by atoms with Crippen molar-refractivity contribution in [3.63, 3.8) is 0 Å². The highest BCUT2D eigenvalue weighted by molar-refractivity contribution is 8.21. The van der Waals surface area contributed by atoms with Crippen molar-refractivity contribution in [1.82, 2.24) is 0 Å². The highest BCUT2D eigenvalue weighted by Gasteiger charge is 2.33. The molecule has 1 aliphatic rings. The summed E-state index contributed by atoms with van der Waals surface area (Å²) in [6.45, 7) is 2.15. The van der Waals surface area contributed by atoms with Gasteiger partial charge in [0.15, 0.2) is 9.99 Å². The number of benzene rings is 1. The van der Waals surface area contributed by atoms with Crippen LogP contribution in [0.3, 0.4) is 0 Å². The van der Waals surface area contributed by atoms with E-state index in [1.165, 1.54) is 9.13 Å². The number of hydrogen-bond donors (Lipinski definition) is 0. The minimum absolute atomic E-state index is 0.172. The van der Waals surface area contributed by atoms with Gasteiger partial charge >= 0.3 is 0 Å². The van der Waals surface area contributed by atoms with Crippen molar-refractivity contribution in [2.24, 2.45) is 0 Å². The summed E-state index contributed by atoms with van der Waals surface area (Å²) in [6.07, 6.45) is 1.82. The summed E-state index contributed by atoms with van der Waals surface area (Å²) in [5.41, 5.74) is 0. The van der Waals surface area contributed by atoms with E-state index in [4.69, 9.17) is 0 Å². The van der Waals surface area contributed by atoms with E-state index in [-0.39, 0.29) is 10.9 Å². The minimum Gasteiger partial charge on any atom is -0.289 e. The van der Waals surface area contributed by atoms with Crippen LogP contribution in [0, 0.1) is 0 Å². The summed E-state index contributed by atoms with van der Waals surface area (Å²) >= 11 is 1.74. The van der Waals surface area contributed by atoms with Crippen LogP contribution in [0.2, 0.25) is 0 Å². The number of carbonyl (C=O) groups is 1. The fourth-order valence-electron chi connectivity index (χ4n) is 1.44. The summed E-state index contributed by atoms with van der Waals surface area (Å²) in [7, 11) is 0.172. The molecule has 0 radical (unpaired) electrons. The Kier molecular flexibility index (Phi) is 3.54. The van der Waals surface area contributed by atoms with E-state index in [1.54, 1.807) is 11.8 Å². The first kappa shape index (κ1) is 10.8. The lowest BCUT2D eigenvalue weighted by molar-refractivity contribution is -0.112. The van der Waals surface area contributed by atoms with Gasteiger partial charge in [-0.15, -0.1) is 0 Å². The Morgan fingerprint density at radius 2 is 2.07 bits per heavy atom. The Hall–Kier alpha value is -0.670. The molecule has 0 saturated carbocycles. The molecule has 1 aromatic rings. The monoisotopic (exact) mass is 237 g/mol. The molecule has 0 saturated heterocycles. The molecule has 0 N–H and O–H groups in total. The van der Waals surface area contributed by atoms with E-state index >= 15 is 0 Å². The molecule has 1 heterocycles. The molecule has 0 bridgehead atoms. The lowest BCUT2D eigenvalue weighted by Gasteiger charge is -2.01. The molecular formula is C12H13OS2+. The SMILES string of the molecule is CC[S+]1CC(=O)C=C1Sc1ccccc1. The Balaban J connectivity index is 2.12. The summed E-state index contributed by atoms with van der Waals surface area (Å²) in [5, 5.41) is 0. The quantitative estimate of drug-likeness (QED) is 0.752. The molecule has 3 heteroatoms. The molecule has 78 valence electrons. The van der Waals surface area contributed by atoms with Gasteiger partial charge in [-0.3, -0.25) is 4.79 Å². The third kappa shape index (κ3) is 2.67. The molecular weight excluding hydrogens is 224 g/mol. The number of allylic oxidation sites excluding steroid dienone is 1. The maximum absolute atomic E-state index is 11.3. The van der Waals surface area contributed by atoms with Gasteiger partial charge in [0, 0.05) is 21.9 Å². The van der Waals surface area contributed by atoms with E-state index in [9.17, 15) is 4.79 Å². The van der Waals surface area contributed by atoms with Crippen LogP contribution >= 0.6 is 11.8 Å². The van der Waals surface area contributed by atoms with Gasteiger partial charge in [-0.2, -0.15) is 0 Å². The van der Waals surface area contributed by atoms with Crippen LogP contribution in [0.25, 0.3) is 0 Å². The highest BCUT2D eigenvalue weighted by Crippen LogP contribution is 2.35. The lowest BCUT2D eigenvalue weighted by atomic mass is 10.4. The number of rotatable bonds is 3. The van der Waals surface area contributed by atoms with Gasteiger partial charge < -0.3 is 0 Å². The van der Waals surface area contributed by atoms with Crippen LogP contribution in [0.4, 0.5) is 0 Å². The Labute approximate surface area is 97.3 Å². The molecule has 1 atom stereocenters. The Morgan fingerprint density at radius 3 is 2.73 bits per heavy atom. The molecule has 15 heavy (non-hydrogen) atoms. The molecule has 1 unspecified atom stereocenters. The normalized spacial score (nSPS) is 20.5. The van der Waals surface area contributed by atoms with Crippen molar-refractivity contribution in [3.8, 4) is 0 Å². The molecule has 1 aliphatic heterocycles. The minimum atomic E-state index is 0.172. The first-order chi connectivity index (χ1) is 7.29. The van der Waals surface area contributed by atoms with Crippen molar-refractivity contribution in [1.29, 1.82) is 0 Å². The van der Waals surface area contributed by atoms with Crippen molar-refractivity contribution in [2.45, 2.75) is 11.8 Å². The second kappa shape index (κ2) is 4.90. The third-order valence-electron chi connectivity index (χ3n) is 2.19. The fourth-order valence-corrected chi connectivity index (χ4v) is 4.80. The van der Waals surface area contributed by atoms with E-state index in [0.29, 0.717) is 5.78 Å². The standard InChI is InChI=1S/C12H13OS2/c1-2-15-9-10(13)8-12(15)14-11-6-4-3-5-7-11/h3-8H,2,9H2,1H3/q+1. The van der Waals surface area contributed by atoms with Gasteiger partial charge in [0.25, 0.3) is 0 Å². The summed E-state index contributed by atoms with van der Waals surface area (Å²) in [6, 6.07) is 10.3. The van der Waals surface area contributed by atoms with Gasteiger partial charge in [0.1, 0.15) is 5.75 Å². The van der Waals surface area contributed by atoms with Gasteiger partial charge in [-0.1, -0.05) is 18.2 Å². The average Bonchev–Trinajstić information content (AvgIpc) is 2.60. The predicted octanol–water partition coefficient (Wildman–Crippen LogP) is 2.84. The molecule has 1 aromatic carbocycles. The highest BCUT2D eigenvalue weighted by atomic mass is 32.2. The van der Waals surface area contributed by atoms with E-state index in [1.807, 2.05) is 24.3 Å². The van der Waals surface area contributed by atoms with Crippen LogP contribution < -0.4 is 0 Å². The molecule has 0 aliphatic carbocycles. The van der Waals surface area contributed by atoms with Crippen molar-refractivity contribution < 1.29 is 4.79 Å². The average molecular weight is 237 g/mol. The van der Waals surface area contributed by atoms with Gasteiger partial charge in [0.05, 0.1) is 0 Å². The second-order valence-corrected chi connectivity index (χ2v) is 6.94. The van der Waals surface area contributed by atoms with Gasteiger partial charge in [0.2, 0.25) is 5.78 Å². The van der Waals surface area contributed by atoms with Crippen molar-refractivity contribution >= 4 is 28.4 Å². The molecule has 0 amide bonds. The van der Waals surface area contributed by atoms with Gasteiger partial charge in [-0.05, 0) is 30.8 Å². The summed E-state index contributed by atoms with van der Waals surface area (Å²) in [4.78, 5) is 12.6. The topological polar surface area (TPSA) is 17.1 Å². The number of thioether (sulfide) groups is 1. The first-order valence-electron chi connectivity index (χ1n) is 4.94. The zero-order chi connectivity index (χ0) is 10.7.